The number of fused-ring (bicyclic) bond motifs is 1. The molecule has 0 aromatic heterocycles. The molecule has 3 rings (SSSR count). The number of carbonyl (C=O) groups is 3. The number of ketones is 2. The number of methoxy groups -OCH3 is 1. The zero-order chi connectivity index (χ0) is 15.3. The monoisotopic (exact) mass is 293 g/mol. The van der Waals surface area contributed by atoms with E-state index in [1.54, 1.807) is 0 Å². The number of Topliss-reactive ketones (excluding diaryl/α,β-unsaturated/α-hetero) is 2. The third-order valence-corrected chi connectivity index (χ3v) is 5.92. The molecule has 1 saturated heterocycles. The van der Waals surface area contributed by atoms with E-state index in [4.69, 9.17) is 4.74 Å². The summed E-state index contributed by atoms with van der Waals surface area (Å²) in [4.78, 5) is 39.6. The normalized spacial score (nSPS) is 39.8. The highest BCUT2D eigenvalue weighted by molar-refractivity contribution is 6.09. The van der Waals surface area contributed by atoms with E-state index in [1.165, 1.54) is 7.11 Å². The highest BCUT2D eigenvalue weighted by Crippen LogP contribution is 2.56. The summed E-state index contributed by atoms with van der Waals surface area (Å²) in [7, 11) is 1.36. The lowest BCUT2D eigenvalue weighted by Gasteiger charge is -2.59. The highest BCUT2D eigenvalue weighted by atomic mass is 16.5. The Labute approximate surface area is 125 Å². The van der Waals surface area contributed by atoms with Crippen molar-refractivity contribution in [3.05, 3.63) is 0 Å². The van der Waals surface area contributed by atoms with E-state index in [1.807, 2.05) is 6.92 Å². The van der Waals surface area contributed by atoms with Crippen LogP contribution in [0.5, 0.6) is 0 Å². The molecule has 0 radical (unpaired) electrons. The lowest BCUT2D eigenvalue weighted by molar-refractivity contribution is -0.183. The smallest absolute Gasteiger partial charge is 0.320 e. The first-order chi connectivity index (χ1) is 10.00. The number of nitrogens with zero attached hydrogens (tertiary/aromatic N) is 1. The summed E-state index contributed by atoms with van der Waals surface area (Å²) in [6.45, 7) is 3.20. The van der Waals surface area contributed by atoms with Crippen LogP contribution in [0.15, 0.2) is 0 Å². The van der Waals surface area contributed by atoms with E-state index in [2.05, 4.69) is 4.90 Å². The van der Waals surface area contributed by atoms with Crippen molar-refractivity contribution >= 4 is 17.5 Å². The van der Waals surface area contributed by atoms with E-state index in [-0.39, 0.29) is 23.6 Å². The van der Waals surface area contributed by atoms with Crippen molar-refractivity contribution in [2.24, 2.45) is 10.8 Å². The van der Waals surface area contributed by atoms with Gasteiger partial charge in [0.2, 0.25) is 0 Å². The van der Waals surface area contributed by atoms with Gasteiger partial charge in [-0.1, -0.05) is 13.3 Å². The van der Waals surface area contributed by atoms with Crippen LogP contribution in [0.3, 0.4) is 0 Å². The molecule has 116 valence electrons. The number of piperidine rings is 1. The van der Waals surface area contributed by atoms with E-state index < -0.39 is 10.8 Å². The Balaban J connectivity index is 2.07. The molecule has 0 aromatic carbocycles. The minimum absolute atomic E-state index is 0.0191. The molecule has 1 heterocycles. The van der Waals surface area contributed by atoms with Gasteiger partial charge in [0.05, 0.1) is 7.11 Å². The fourth-order valence-corrected chi connectivity index (χ4v) is 4.88. The van der Waals surface area contributed by atoms with Crippen LogP contribution in [0.2, 0.25) is 0 Å². The molecule has 5 heteroatoms. The molecule has 0 N–H and O–H groups in total. The number of rotatable bonds is 2. The maximum Gasteiger partial charge on any atom is 0.320 e. The Kier molecular flexibility index (Phi) is 3.43. The minimum Gasteiger partial charge on any atom is -0.468 e. The van der Waals surface area contributed by atoms with Gasteiger partial charge in [0, 0.05) is 30.8 Å². The van der Waals surface area contributed by atoms with Gasteiger partial charge in [0.1, 0.15) is 11.2 Å². The third kappa shape index (κ3) is 1.83. The van der Waals surface area contributed by atoms with Gasteiger partial charge in [-0.2, -0.15) is 0 Å². The first-order valence-corrected chi connectivity index (χ1v) is 7.89. The maximum atomic E-state index is 13.2. The summed E-state index contributed by atoms with van der Waals surface area (Å²) in [6.07, 6.45) is 3.78. The number of hydrogen-bond donors (Lipinski definition) is 0. The molecule has 2 unspecified atom stereocenters. The summed E-state index contributed by atoms with van der Waals surface area (Å²) < 4.78 is 4.97. The molecule has 2 saturated carbocycles. The molecule has 0 aromatic rings. The van der Waals surface area contributed by atoms with Crippen molar-refractivity contribution in [3.8, 4) is 0 Å². The van der Waals surface area contributed by atoms with Crippen LogP contribution in [0, 0.1) is 10.8 Å². The van der Waals surface area contributed by atoms with Gasteiger partial charge in [0.25, 0.3) is 0 Å². The largest absolute Gasteiger partial charge is 0.468 e. The molecule has 2 aliphatic carbocycles. The first-order valence-electron chi connectivity index (χ1n) is 7.89. The summed E-state index contributed by atoms with van der Waals surface area (Å²) in [5, 5.41) is 0. The quantitative estimate of drug-likeness (QED) is 0.568. The predicted molar refractivity (Wildman–Crippen MR) is 75.6 cm³/mol. The number of esters is 1. The highest BCUT2D eigenvalue weighted by Gasteiger charge is 2.66. The van der Waals surface area contributed by atoms with Crippen LogP contribution < -0.4 is 0 Å². The fourth-order valence-electron chi connectivity index (χ4n) is 4.88. The first kappa shape index (κ1) is 14.7. The van der Waals surface area contributed by atoms with Crippen molar-refractivity contribution in [2.45, 2.75) is 51.5 Å². The van der Waals surface area contributed by atoms with Gasteiger partial charge < -0.3 is 4.74 Å². The van der Waals surface area contributed by atoms with Crippen LogP contribution in [0.25, 0.3) is 0 Å². The van der Waals surface area contributed by atoms with Gasteiger partial charge in [-0.25, -0.2) is 0 Å². The van der Waals surface area contributed by atoms with Crippen molar-refractivity contribution in [3.63, 3.8) is 0 Å². The topological polar surface area (TPSA) is 63.7 Å². The second kappa shape index (κ2) is 4.90. The Morgan fingerprint density at radius 3 is 2.76 bits per heavy atom. The Hall–Kier alpha value is -1.23. The molecule has 2 bridgehead atoms. The summed E-state index contributed by atoms with van der Waals surface area (Å²) in [5.41, 5.74) is -1.51. The van der Waals surface area contributed by atoms with E-state index in [0.717, 1.165) is 19.4 Å². The molecule has 21 heavy (non-hydrogen) atoms. The van der Waals surface area contributed by atoms with Crippen molar-refractivity contribution in [1.82, 2.24) is 4.90 Å². The number of ether oxygens (including phenoxy) is 1. The van der Waals surface area contributed by atoms with Gasteiger partial charge in [-0.15, -0.1) is 0 Å². The molecule has 1 aliphatic heterocycles. The van der Waals surface area contributed by atoms with Crippen LogP contribution >= 0.6 is 0 Å². The zero-order valence-electron chi connectivity index (χ0n) is 12.8. The average Bonchev–Trinajstić information content (AvgIpc) is 2.48. The van der Waals surface area contributed by atoms with Crippen molar-refractivity contribution in [2.75, 3.05) is 20.2 Å². The van der Waals surface area contributed by atoms with Crippen molar-refractivity contribution in [1.29, 1.82) is 0 Å². The van der Waals surface area contributed by atoms with Gasteiger partial charge in [0.15, 0.2) is 5.78 Å². The molecule has 1 spiro atoms. The van der Waals surface area contributed by atoms with Gasteiger partial charge in [-0.05, 0) is 25.8 Å². The SMILES string of the molecule is CCN1CC2(C(=O)OC)CCCC3(CCC(=O)C[C@@H]13)C2=O. The lowest BCUT2D eigenvalue weighted by atomic mass is 9.51. The van der Waals surface area contributed by atoms with Gasteiger partial charge in [-0.3, -0.25) is 19.3 Å². The van der Waals surface area contributed by atoms with Crippen LogP contribution in [0.4, 0.5) is 0 Å². The molecule has 5 nitrogen and oxygen atoms in total. The average molecular weight is 293 g/mol. The predicted octanol–water partition coefficient (Wildman–Crippen LogP) is 1.34. The Morgan fingerprint density at radius 1 is 1.33 bits per heavy atom. The summed E-state index contributed by atoms with van der Waals surface area (Å²) in [5.74, 6) is -0.0938. The molecule has 3 fully saturated rings. The minimum atomic E-state index is -1.00. The van der Waals surface area contributed by atoms with Crippen LogP contribution in [-0.2, 0) is 19.1 Å². The zero-order valence-corrected chi connectivity index (χ0v) is 12.8. The lowest BCUT2D eigenvalue weighted by Crippen LogP contribution is -2.70. The second-order valence-electron chi connectivity index (χ2n) is 6.73. The van der Waals surface area contributed by atoms with Crippen LogP contribution in [-0.4, -0.2) is 48.7 Å². The Morgan fingerprint density at radius 2 is 2.10 bits per heavy atom. The molecule has 3 aliphatic rings. The number of carbonyl (C=O) groups excluding carboxylic acids is 3. The summed E-state index contributed by atoms with van der Waals surface area (Å²) in [6, 6.07) is -0.0191. The molecular formula is C16H23NO4. The number of likely N-dealkylation sites (tertiary alicyclic amines) is 1. The van der Waals surface area contributed by atoms with Crippen LogP contribution in [0.1, 0.15) is 45.4 Å². The molecule has 3 atom stereocenters. The number of hydrogen-bond acceptors (Lipinski definition) is 5. The molecular weight excluding hydrogens is 270 g/mol. The summed E-state index contributed by atoms with van der Waals surface area (Å²) >= 11 is 0. The van der Waals surface area contributed by atoms with E-state index >= 15 is 0 Å². The van der Waals surface area contributed by atoms with Gasteiger partial charge >= 0.3 is 5.97 Å². The second-order valence-corrected chi connectivity index (χ2v) is 6.73. The molecule has 0 amide bonds. The van der Waals surface area contributed by atoms with E-state index in [0.29, 0.717) is 32.2 Å². The third-order valence-electron chi connectivity index (χ3n) is 5.92. The standard InChI is InChI=1S/C16H23NO4/c1-3-17-10-16(14(20)21-2)7-4-6-15(13(16)19)8-5-11(18)9-12(15)17/h12H,3-10H2,1-2H3/t12-,15?,16?/m1/s1. The van der Waals surface area contributed by atoms with E-state index in [9.17, 15) is 14.4 Å². The maximum absolute atomic E-state index is 13.2. The fraction of sp³-hybridized carbons (Fsp3) is 0.812. The van der Waals surface area contributed by atoms with Crippen molar-refractivity contribution < 1.29 is 19.1 Å². The Bertz CT molecular complexity index is 503.